The van der Waals surface area contributed by atoms with E-state index >= 15 is 0 Å². The van der Waals surface area contributed by atoms with Crippen LogP contribution < -0.4 is 34.7 Å². The van der Waals surface area contributed by atoms with E-state index in [4.69, 9.17) is 0 Å². The molecule has 0 aliphatic rings. The number of rotatable bonds is 4. The Kier molecular flexibility index (Phi) is 8.36. The Hall–Kier alpha value is 0.770. The van der Waals surface area contributed by atoms with E-state index in [1.807, 2.05) is 24.5 Å². The SMILES string of the molecule is CSc1ccc(I)c(CCC(=O)[O-])c1.[Na+]. The Balaban J connectivity index is 0.00000196. The first-order valence-electron chi connectivity index (χ1n) is 4.15. The van der Waals surface area contributed by atoms with E-state index in [2.05, 4.69) is 22.6 Å². The maximum atomic E-state index is 10.3. The van der Waals surface area contributed by atoms with Gasteiger partial charge in [0.1, 0.15) is 0 Å². The van der Waals surface area contributed by atoms with Gasteiger partial charge in [-0.25, -0.2) is 0 Å². The maximum absolute atomic E-state index is 10.3. The van der Waals surface area contributed by atoms with Crippen LogP contribution in [0.5, 0.6) is 0 Å². The zero-order valence-electron chi connectivity index (χ0n) is 8.75. The molecule has 5 heteroatoms. The molecule has 0 amide bonds. The number of thioether (sulfide) groups is 1. The fraction of sp³-hybridized carbons (Fsp3) is 0.300. The number of halogens is 1. The third-order valence-corrected chi connectivity index (χ3v) is 3.63. The van der Waals surface area contributed by atoms with Gasteiger partial charge in [-0.3, -0.25) is 0 Å². The smallest absolute Gasteiger partial charge is 0.550 e. The van der Waals surface area contributed by atoms with E-state index in [1.54, 1.807) is 11.8 Å². The molecule has 2 nitrogen and oxygen atoms in total. The number of benzene rings is 1. The van der Waals surface area contributed by atoms with Crippen molar-refractivity contribution in [2.45, 2.75) is 17.7 Å². The molecule has 0 aliphatic carbocycles. The number of hydrogen-bond acceptors (Lipinski definition) is 3. The van der Waals surface area contributed by atoms with Gasteiger partial charge in [-0.05, 0) is 65.5 Å². The minimum Gasteiger partial charge on any atom is -0.550 e. The first-order valence-corrected chi connectivity index (χ1v) is 6.46. The van der Waals surface area contributed by atoms with Crippen molar-refractivity contribution in [2.24, 2.45) is 0 Å². The Morgan fingerprint density at radius 3 is 2.73 bits per heavy atom. The molecule has 0 fully saturated rings. The summed E-state index contributed by atoms with van der Waals surface area (Å²) in [5.41, 5.74) is 1.08. The fourth-order valence-electron chi connectivity index (χ4n) is 1.11. The predicted molar refractivity (Wildman–Crippen MR) is 64.3 cm³/mol. The van der Waals surface area contributed by atoms with Crippen LogP contribution in [0.4, 0.5) is 0 Å². The fourth-order valence-corrected chi connectivity index (χ4v) is 2.18. The number of carboxylic acid groups (broad SMARTS) is 1. The largest absolute Gasteiger partial charge is 1.00 e. The molecule has 0 aliphatic heterocycles. The molecule has 15 heavy (non-hydrogen) atoms. The topological polar surface area (TPSA) is 40.1 Å². The molecule has 1 aromatic rings. The van der Waals surface area contributed by atoms with Gasteiger partial charge in [-0.15, -0.1) is 11.8 Å². The number of carbonyl (C=O) groups is 1. The molecule has 1 aromatic carbocycles. The second-order valence-electron chi connectivity index (χ2n) is 2.83. The zero-order valence-corrected chi connectivity index (χ0v) is 13.7. The average Bonchev–Trinajstić information content (AvgIpc) is 2.16. The standard InChI is InChI=1S/C10H11IO2S.Na/c1-14-8-3-4-9(11)7(6-8)2-5-10(12)13;/h3-4,6H,2,5H2,1H3,(H,12,13);/q;+1/p-1. The number of hydrogen-bond donors (Lipinski definition) is 0. The Morgan fingerprint density at radius 1 is 1.53 bits per heavy atom. The van der Waals surface area contributed by atoms with E-state index in [-0.39, 0.29) is 36.0 Å². The molecular weight excluding hydrogens is 334 g/mol. The minimum atomic E-state index is -0.990. The van der Waals surface area contributed by atoms with Crippen molar-refractivity contribution in [1.82, 2.24) is 0 Å². The molecule has 0 bridgehead atoms. The van der Waals surface area contributed by atoms with Crippen LogP contribution in [0, 0.1) is 3.57 Å². The first kappa shape index (κ1) is 15.8. The van der Waals surface area contributed by atoms with Gasteiger partial charge in [0.05, 0.1) is 0 Å². The van der Waals surface area contributed by atoms with Crippen LogP contribution in [0.25, 0.3) is 0 Å². The van der Waals surface area contributed by atoms with Crippen molar-refractivity contribution in [2.75, 3.05) is 6.26 Å². The Morgan fingerprint density at radius 2 is 2.20 bits per heavy atom. The molecule has 0 heterocycles. The molecule has 1 rings (SSSR count). The second kappa shape index (κ2) is 7.95. The van der Waals surface area contributed by atoms with E-state index in [9.17, 15) is 9.90 Å². The normalized spacial score (nSPS) is 9.47. The number of carboxylic acids is 1. The van der Waals surface area contributed by atoms with Gasteiger partial charge >= 0.3 is 29.6 Å². The van der Waals surface area contributed by atoms with Gasteiger partial charge in [0.25, 0.3) is 0 Å². The van der Waals surface area contributed by atoms with Crippen molar-refractivity contribution in [3.8, 4) is 0 Å². The molecule has 76 valence electrons. The predicted octanol–water partition coefficient (Wildman–Crippen LogP) is -1.30. The quantitative estimate of drug-likeness (QED) is 0.387. The maximum Gasteiger partial charge on any atom is 1.00 e. The Bertz CT molecular complexity index is 344. The summed E-state index contributed by atoms with van der Waals surface area (Å²) in [5, 5.41) is 10.3. The van der Waals surface area contributed by atoms with Crippen molar-refractivity contribution in [1.29, 1.82) is 0 Å². The molecule has 0 N–H and O–H groups in total. The Labute approximate surface area is 130 Å². The van der Waals surface area contributed by atoms with E-state index in [1.165, 1.54) is 4.90 Å². The molecule has 0 unspecified atom stereocenters. The van der Waals surface area contributed by atoms with Gasteiger partial charge in [0, 0.05) is 14.4 Å². The zero-order chi connectivity index (χ0) is 10.6. The van der Waals surface area contributed by atoms with Crippen LogP contribution in [0.2, 0.25) is 0 Å². The van der Waals surface area contributed by atoms with Crippen molar-refractivity contribution in [3.63, 3.8) is 0 Å². The summed E-state index contributed by atoms with van der Waals surface area (Å²) in [6.07, 6.45) is 2.65. The van der Waals surface area contributed by atoms with E-state index < -0.39 is 5.97 Å². The number of carbonyl (C=O) groups excluding carboxylic acids is 1. The van der Waals surface area contributed by atoms with Crippen molar-refractivity contribution < 1.29 is 39.5 Å². The monoisotopic (exact) mass is 344 g/mol. The first-order chi connectivity index (χ1) is 6.63. The van der Waals surface area contributed by atoms with Gasteiger partial charge in [0.15, 0.2) is 0 Å². The number of aryl methyl sites for hydroxylation is 1. The molecule has 0 saturated heterocycles. The van der Waals surface area contributed by atoms with Gasteiger partial charge in [0.2, 0.25) is 0 Å². The van der Waals surface area contributed by atoms with Crippen LogP contribution in [-0.2, 0) is 11.2 Å². The summed E-state index contributed by atoms with van der Waals surface area (Å²) in [5.74, 6) is -0.990. The molecule has 0 aromatic heterocycles. The summed E-state index contributed by atoms with van der Waals surface area (Å²) in [6.45, 7) is 0. The molecule has 0 saturated carbocycles. The van der Waals surface area contributed by atoms with Crippen LogP contribution in [0.15, 0.2) is 23.1 Å². The summed E-state index contributed by atoms with van der Waals surface area (Å²) in [6, 6.07) is 6.08. The summed E-state index contributed by atoms with van der Waals surface area (Å²) >= 11 is 3.88. The summed E-state index contributed by atoms with van der Waals surface area (Å²) < 4.78 is 1.11. The third-order valence-electron chi connectivity index (χ3n) is 1.85. The minimum absolute atomic E-state index is 0. The van der Waals surface area contributed by atoms with Crippen LogP contribution in [0.1, 0.15) is 12.0 Å². The van der Waals surface area contributed by atoms with Crippen LogP contribution in [-0.4, -0.2) is 12.2 Å². The average molecular weight is 344 g/mol. The van der Waals surface area contributed by atoms with Crippen molar-refractivity contribution >= 4 is 40.3 Å². The molecule has 0 radical (unpaired) electrons. The van der Waals surface area contributed by atoms with E-state index in [0.29, 0.717) is 6.42 Å². The molecule has 0 atom stereocenters. The second-order valence-corrected chi connectivity index (χ2v) is 4.87. The van der Waals surface area contributed by atoms with Crippen molar-refractivity contribution in [3.05, 3.63) is 27.3 Å². The van der Waals surface area contributed by atoms with Crippen LogP contribution >= 0.6 is 34.4 Å². The van der Waals surface area contributed by atoms with Crippen LogP contribution in [0.3, 0.4) is 0 Å². The molecule has 0 spiro atoms. The van der Waals surface area contributed by atoms with Gasteiger partial charge in [-0.1, -0.05) is 0 Å². The third kappa shape index (κ3) is 5.58. The summed E-state index contributed by atoms with van der Waals surface area (Å²) in [7, 11) is 0. The van der Waals surface area contributed by atoms with Gasteiger partial charge in [-0.2, -0.15) is 0 Å². The summed E-state index contributed by atoms with van der Waals surface area (Å²) in [4.78, 5) is 11.5. The van der Waals surface area contributed by atoms with E-state index in [0.717, 1.165) is 9.13 Å². The van der Waals surface area contributed by atoms with Gasteiger partial charge < -0.3 is 9.90 Å². The number of aliphatic carboxylic acids is 1. The molecular formula is C10H10INaO2S.